The van der Waals surface area contributed by atoms with Gasteiger partial charge in [0.1, 0.15) is 0 Å². The van der Waals surface area contributed by atoms with Crippen molar-refractivity contribution >= 4 is 11.4 Å². The summed E-state index contributed by atoms with van der Waals surface area (Å²) in [4.78, 5) is 4.35. The van der Waals surface area contributed by atoms with Crippen LogP contribution in [0.15, 0.2) is 103 Å². The van der Waals surface area contributed by atoms with E-state index in [1.54, 1.807) is 0 Å². The Morgan fingerprint density at radius 2 is 1.36 bits per heavy atom. The van der Waals surface area contributed by atoms with Gasteiger partial charge in [-0.2, -0.15) is 0 Å². The van der Waals surface area contributed by atoms with Gasteiger partial charge in [-0.25, -0.2) is 0 Å². The van der Waals surface area contributed by atoms with Gasteiger partial charge in [0, 0.05) is 29.7 Å². The van der Waals surface area contributed by atoms with Crippen molar-refractivity contribution in [3.63, 3.8) is 0 Å². The van der Waals surface area contributed by atoms with Crippen molar-refractivity contribution in [2.75, 3.05) is 10.6 Å². The standard InChI is InChI=1S/C25H23N3/c1-2-8-20(9-3-1)18-28-25-12-5-4-11-24(25)21-13-15-22(16-14-21)27-19-23-10-6-7-17-26-23/h1-17,27-28H,18-19H2. The first-order valence-electron chi connectivity index (χ1n) is 9.49. The maximum Gasteiger partial charge on any atom is 0.0594 e. The normalized spacial score (nSPS) is 10.4. The zero-order chi connectivity index (χ0) is 19.0. The number of nitrogens with one attached hydrogen (secondary N) is 2. The molecule has 3 heteroatoms. The largest absolute Gasteiger partial charge is 0.380 e. The predicted octanol–water partition coefficient (Wildman–Crippen LogP) is 5.97. The highest BCUT2D eigenvalue weighted by atomic mass is 14.9. The van der Waals surface area contributed by atoms with Crippen LogP contribution >= 0.6 is 0 Å². The van der Waals surface area contributed by atoms with Gasteiger partial charge in [0.2, 0.25) is 0 Å². The lowest BCUT2D eigenvalue weighted by atomic mass is 10.0. The maximum absolute atomic E-state index is 4.35. The van der Waals surface area contributed by atoms with E-state index in [0.29, 0.717) is 0 Å². The second-order valence-electron chi connectivity index (χ2n) is 6.64. The van der Waals surface area contributed by atoms with E-state index in [0.717, 1.165) is 30.2 Å². The van der Waals surface area contributed by atoms with Crippen LogP contribution in [0.25, 0.3) is 11.1 Å². The molecule has 3 aromatic carbocycles. The summed E-state index contributed by atoms with van der Waals surface area (Å²) in [6.07, 6.45) is 1.82. The fourth-order valence-electron chi connectivity index (χ4n) is 3.15. The van der Waals surface area contributed by atoms with Crippen LogP contribution in [-0.2, 0) is 13.1 Å². The van der Waals surface area contributed by atoms with Crippen LogP contribution in [0.2, 0.25) is 0 Å². The van der Waals surface area contributed by atoms with Gasteiger partial charge in [0.05, 0.1) is 12.2 Å². The van der Waals surface area contributed by atoms with Crippen LogP contribution < -0.4 is 10.6 Å². The first kappa shape index (κ1) is 17.8. The predicted molar refractivity (Wildman–Crippen MR) is 117 cm³/mol. The number of rotatable bonds is 7. The lowest BCUT2D eigenvalue weighted by molar-refractivity contribution is 1.05. The Morgan fingerprint density at radius 3 is 2.14 bits per heavy atom. The Labute approximate surface area is 166 Å². The number of anilines is 2. The molecule has 0 spiro atoms. The van der Waals surface area contributed by atoms with Crippen molar-refractivity contribution in [1.29, 1.82) is 0 Å². The van der Waals surface area contributed by atoms with E-state index in [4.69, 9.17) is 0 Å². The van der Waals surface area contributed by atoms with Crippen LogP contribution in [0.3, 0.4) is 0 Å². The van der Waals surface area contributed by atoms with E-state index in [-0.39, 0.29) is 0 Å². The zero-order valence-corrected chi connectivity index (χ0v) is 15.7. The molecule has 4 rings (SSSR count). The highest BCUT2D eigenvalue weighted by Gasteiger charge is 2.05. The molecule has 0 radical (unpaired) electrons. The molecule has 0 aliphatic rings. The van der Waals surface area contributed by atoms with Crippen molar-refractivity contribution < 1.29 is 0 Å². The Bertz CT molecular complexity index is 997. The monoisotopic (exact) mass is 365 g/mol. The quantitative estimate of drug-likeness (QED) is 0.423. The topological polar surface area (TPSA) is 37.0 Å². The Hall–Kier alpha value is -3.59. The number of benzene rings is 3. The third-order valence-electron chi connectivity index (χ3n) is 4.65. The second-order valence-corrected chi connectivity index (χ2v) is 6.64. The van der Waals surface area contributed by atoms with Gasteiger partial charge in [-0.1, -0.05) is 66.7 Å². The van der Waals surface area contributed by atoms with Crippen molar-refractivity contribution in [2.24, 2.45) is 0 Å². The molecule has 0 amide bonds. The summed E-state index contributed by atoms with van der Waals surface area (Å²) in [7, 11) is 0. The van der Waals surface area contributed by atoms with E-state index >= 15 is 0 Å². The lowest BCUT2D eigenvalue weighted by Crippen LogP contribution is -2.01. The first-order chi connectivity index (χ1) is 13.9. The molecule has 1 aromatic heterocycles. The SMILES string of the molecule is c1ccc(CNc2ccccc2-c2ccc(NCc3ccccn3)cc2)cc1. The number of aromatic nitrogens is 1. The number of hydrogen-bond donors (Lipinski definition) is 2. The van der Waals surface area contributed by atoms with Gasteiger partial charge >= 0.3 is 0 Å². The van der Waals surface area contributed by atoms with Crippen molar-refractivity contribution in [3.8, 4) is 11.1 Å². The van der Waals surface area contributed by atoms with Crippen LogP contribution in [0.1, 0.15) is 11.3 Å². The molecule has 0 aliphatic heterocycles. The number of pyridine rings is 1. The average molecular weight is 365 g/mol. The van der Waals surface area contributed by atoms with Gasteiger partial charge in [-0.05, 0) is 41.5 Å². The summed E-state index contributed by atoms with van der Waals surface area (Å²) in [6, 6.07) is 33.4. The highest BCUT2D eigenvalue weighted by molar-refractivity contribution is 5.78. The van der Waals surface area contributed by atoms with Gasteiger partial charge < -0.3 is 10.6 Å². The molecule has 3 nitrogen and oxygen atoms in total. The fourth-order valence-corrected chi connectivity index (χ4v) is 3.15. The maximum atomic E-state index is 4.35. The van der Waals surface area contributed by atoms with Crippen LogP contribution in [-0.4, -0.2) is 4.98 Å². The molecule has 0 aliphatic carbocycles. The molecule has 0 saturated heterocycles. The minimum atomic E-state index is 0.718. The molecule has 28 heavy (non-hydrogen) atoms. The lowest BCUT2D eigenvalue weighted by Gasteiger charge is -2.13. The minimum Gasteiger partial charge on any atom is -0.380 e. The van der Waals surface area contributed by atoms with E-state index in [2.05, 4.69) is 88.4 Å². The molecule has 0 atom stereocenters. The molecule has 0 unspecified atom stereocenters. The minimum absolute atomic E-state index is 0.718. The summed E-state index contributed by atoms with van der Waals surface area (Å²) < 4.78 is 0. The molecule has 2 N–H and O–H groups in total. The Morgan fingerprint density at radius 1 is 0.607 bits per heavy atom. The summed E-state index contributed by atoms with van der Waals surface area (Å²) in [5, 5.41) is 6.99. The van der Waals surface area contributed by atoms with Gasteiger partial charge in [0.15, 0.2) is 0 Å². The van der Waals surface area contributed by atoms with E-state index < -0.39 is 0 Å². The van der Waals surface area contributed by atoms with Gasteiger partial charge in [-0.15, -0.1) is 0 Å². The summed E-state index contributed by atoms with van der Waals surface area (Å²) in [5.74, 6) is 0. The van der Waals surface area contributed by atoms with Gasteiger partial charge in [-0.3, -0.25) is 4.98 Å². The van der Waals surface area contributed by atoms with E-state index in [1.807, 2.05) is 30.5 Å². The highest BCUT2D eigenvalue weighted by Crippen LogP contribution is 2.29. The van der Waals surface area contributed by atoms with Crippen LogP contribution in [0.5, 0.6) is 0 Å². The van der Waals surface area contributed by atoms with E-state index in [1.165, 1.54) is 16.7 Å². The summed E-state index contributed by atoms with van der Waals surface area (Å²) in [5.41, 5.74) is 6.92. The van der Waals surface area contributed by atoms with Crippen molar-refractivity contribution in [3.05, 3.63) is 115 Å². The molecule has 138 valence electrons. The summed E-state index contributed by atoms with van der Waals surface area (Å²) >= 11 is 0. The fraction of sp³-hybridized carbons (Fsp3) is 0.0800. The third-order valence-corrected chi connectivity index (χ3v) is 4.65. The smallest absolute Gasteiger partial charge is 0.0594 e. The Kier molecular flexibility index (Phi) is 5.64. The number of hydrogen-bond acceptors (Lipinski definition) is 3. The molecule has 0 bridgehead atoms. The van der Waals surface area contributed by atoms with Crippen LogP contribution in [0, 0.1) is 0 Å². The molecule has 4 aromatic rings. The van der Waals surface area contributed by atoms with Crippen molar-refractivity contribution in [1.82, 2.24) is 4.98 Å². The molecular weight excluding hydrogens is 342 g/mol. The average Bonchev–Trinajstić information content (AvgIpc) is 2.78. The van der Waals surface area contributed by atoms with E-state index in [9.17, 15) is 0 Å². The van der Waals surface area contributed by atoms with Gasteiger partial charge in [0.25, 0.3) is 0 Å². The molecule has 0 saturated carbocycles. The van der Waals surface area contributed by atoms with Crippen LogP contribution in [0.4, 0.5) is 11.4 Å². The first-order valence-corrected chi connectivity index (χ1v) is 9.49. The second kappa shape index (κ2) is 8.87. The molecule has 1 heterocycles. The third kappa shape index (κ3) is 4.57. The van der Waals surface area contributed by atoms with Crippen molar-refractivity contribution in [2.45, 2.75) is 13.1 Å². The zero-order valence-electron chi connectivity index (χ0n) is 15.7. The summed E-state index contributed by atoms with van der Waals surface area (Å²) in [6.45, 7) is 1.52. The molecular formula is C25H23N3. The Balaban J connectivity index is 1.45. The number of para-hydroxylation sites is 1. The number of nitrogens with zero attached hydrogens (tertiary/aromatic N) is 1. The molecule has 0 fully saturated rings.